The minimum Gasteiger partial charge on any atom is -0.488 e. The Labute approximate surface area is 64.6 Å². The van der Waals surface area contributed by atoms with E-state index >= 15 is 0 Å². The highest BCUT2D eigenvalue weighted by Gasteiger charge is 2.18. The van der Waals surface area contributed by atoms with Crippen molar-refractivity contribution in [3.63, 3.8) is 0 Å². The van der Waals surface area contributed by atoms with Crippen molar-refractivity contribution in [2.75, 3.05) is 6.61 Å². The number of ether oxygens (including phenoxy) is 1. The van der Waals surface area contributed by atoms with Gasteiger partial charge in [0.15, 0.2) is 5.14 Å². The second-order valence-electron chi connectivity index (χ2n) is 2.48. The van der Waals surface area contributed by atoms with Gasteiger partial charge in [0.25, 0.3) is 0 Å². The third-order valence-corrected chi connectivity index (χ3v) is 3.02. The summed E-state index contributed by atoms with van der Waals surface area (Å²) in [5.41, 5.74) is 0. The van der Waals surface area contributed by atoms with Gasteiger partial charge in [0.05, 0.1) is 11.5 Å². The van der Waals surface area contributed by atoms with E-state index in [9.17, 15) is 0 Å². The normalized spacial score (nSPS) is 20.0. The van der Waals surface area contributed by atoms with Crippen molar-refractivity contribution in [2.45, 2.75) is 0 Å². The van der Waals surface area contributed by atoms with Crippen LogP contribution < -0.4 is 5.22 Å². The summed E-state index contributed by atoms with van der Waals surface area (Å²) in [7, 11) is 1.16. The Morgan fingerprint density at radius 1 is 1.45 bits per heavy atom. The van der Waals surface area contributed by atoms with E-state index < -0.39 is 0 Å². The highest BCUT2D eigenvalue weighted by atomic mass is 31.1. The summed E-state index contributed by atoms with van der Waals surface area (Å²) in [5.74, 6) is 1.02. The van der Waals surface area contributed by atoms with E-state index in [0.717, 1.165) is 30.9 Å². The maximum absolute atomic E-state index is 5.42. The molecule has 2 aliphatic heterocycles. The first kappa shape index (κ1) is 5.62. The molecule has 11 heavy (non-hydrogen) atoms. The molecule has 3 heteroatoms. The number of fused-ring (bicyclic) bond motifs is 2. The molecule has 0 unspecified atom stereocenters. The van der Waals surface area contributed by atoms with Gasteiger partial charge in [-0.15, -0.1) is 0 Å². The Balaban J connectivity index is 2.55. The molecule has 3 heterocycles. The lowest BCUT2D eigenvalue weighted by Gasteiger charge is -1.93. The quantitative estimate of drug-likeness (QED) is 0.542. The van der Waals surface area contributed by atoms with Crippen LogP contribution >= 0.6 is 8.20 Å². The monoisotopic (exact) mass is 164 g/mol. The molecule has 0 radical (unpaired) electrons. The summed E-state index contributed by atoms with van der Waals surface area (Å²) in [6.07, 6.45) is 3.82. The molecular weight excluding hydrogens is 159 g/mol. The zero-order chi connectivity index (χ0) is 7.26. The summed E-state index contributed by atoms with van der Waals surface area (Å²) in [4.78, 5) is 0. The molecule has 0 amide bonds. The van der Waals surface area contributed by atoms with Crippen LogP contribution in [-0.2, 0) is 4.74 Å². The van der Waals surface area contributed by atoms with E-state index in [1.807, 2.05) is 6.07 Å². The number of hydrogen-bond acceptors (Lipinski definition) is 2. The van der Waals surface area contributed by atoms with Gasteiger partial charge in [-0.05, 0) is 20.3 Å². The maximum Gasteiger partial charge on any atom is 0.164 e. The number of hydrogen-bond donors (Lipinski definition) is 0. The Morgan fingerprint density at radius 2 is 2.45 bits per heavy atom. The molecule has 0 N–H and O–H groups in total. The van der Waals surface area contributed by atoms with Crippen LogP contribution in [0.1, 0.15) is 0 Å². The third kappa shape index (κ3) is 0.603. The molecule has 54 valence electrons. The predicted octanol–water partition coefficient (Wildman–Crippen LogP) is 1.51. The molecule has 2 aliphatic rings. The highest BCUT2D eigenvalue weighted by molar-refractivity contribution is 7.36. The van der Waals surface area contributed by atoms with Gasteiger partial charge in [-0.1, -0.05) is 0 Å². The first-order chi connectivity index (χ1) is 5.45. The van der Waals surface area contributed by atoms with E-state index in [4.69, 9.17) is 9.15 Å². The fourth-order valence-electron chi connectivity index (χ4n) is 1.35. The SMILES string of the molecule is C1=C2P=c3occc3=C2OC1. The smallest absolute Gasteiger partial charge is 0.164 e. The molecule has 0 bridgehead atoms. The molecule has 0 aromatic carbocycles. The fraction of sp³-hybridized carbons (Fsp3) is 0.125. The Bertz CT molecular complexity index is 453. The highest BCUT2D eigenvalue weighted by Crippen LogP contribution is 2.34. The van der Waals surface area contributed by atoms with Crippen LogP contribution in [0.15, 0.2) is 28.1 Å². The molecule has 1 aromatic heterocycles. The largest absolute Gasteiger partial charge is 0.488 e. The molecular formula is C8H5O2P. The molecule has 0 spiro atoms. The van der Waals surface area contributed by atoms with Gasteiger partial charge in [-0.2, -0.15) is 0 Å². The van der Waals surface area contributed by atoms with Crippen LogP contribution in [0.5, 0.6) is 0 Å². The average Bonchev–Trinajstić information content (AvgIpc) is 2.52. The second kappa shape index (κ2) is 1.77. The molecule has 0 atom stereocenters. The average molecular weight is 164 g/mol. The van der Waals surface area contributed by atoms with Crippen molar-refractivity contribution in [2.24, 2.45) is 0 Å². The predicted molar refractivity (Wildman–Crippen MR) is 41.5 cm³/mol. The topological polar surface area (TPSA) is 22.4 Å². The molecule has 0 fully saturated rings. The van der Waals surface area contributed by atoms with Gasteiger partial charge in [-0.25, -0.2) is 0 Å². The van der Waals surface area contributed by atoms with E-state index in [2.05, 4.69) is 6.08 Å². The van der Waals surface area contributed by atoms with Gasteiger partial charge in [0.2, 0.25) is 0 Å². The summed E-state index contributed by atoms with van der Waals surface area (Å²) in [6.45, 7) is 0.724. The van der Waals surface area contributed by atoms with Crippen LogP contribution in [0.3, 0.4) is 0 Å². The van der Waals surface area contributed by atoms with Crippen LogP contribution in [0, 0.1) is 5.14 Å². The molecule has 0 aliphatic carbocycles. The van der Waals surface area contributed by atoms with Gasteiger partial charge in [0.1, 0.15) is 12.4 Å². The first-order valence-electron chi connectivity index (χ1n) is 3.45. The Hall–Kier alpha value is -1.01. The maximum atomic E-state index is 5.42. The molecule has 2 nitrogen and oxygen atoms in total. The van der Waals surface area contributed by atoms with Gasteiger partial charge < -0.3 is 9.15 Å². The summed E-state index contributed by atoms with van der Waals surface area (Å²) in [5, 5.41) is 3.42. The van der Waals surface area contributed by atoms with Crippen molar-refractivity contribution in [1.29, 1.82) is 0 Å². The van der Waals surface area contributed by atoms with E-state index in [0.29, 0.717) is 0 Å². The zero-order valence-corrected chi connectivity index (χ0v) is 6.60. The molecule has 1 aromatic rings. The van der Waals surface area contributed by atoms with Crippen LogP contribution in [0.25, 0.3) is 5.76 Å². The van der Waals surface area contributed by atoms with Gasteiger partial charge >= 0.3 is 0 Å². The standard InChI is InChI=1S/C8H5O2P/c1-3-10-8-5(1)7-6(11-8)2-4-9-7/h1-3H,4H2. The first-order valence-corrected chi connectivity index (χ1v) is 4.34. The molecule has 3 rings (SSSR count). The van der Waals surface area contributed by atoms with Crippen molar-refractivity contribution in [1.82, 2.24) is 0 Å². The lowest BCUT2D eigenvalue weighted by atomic mass is 10.4. The van der Waals surface area contributed by atoms with E-state index in [1.54, 1.807) is 6.26 Å². The van der Waals surface area contributed by atoms with Gasteiger partial charge in [0, 0.05) is 5.31 Å². The Kier molecular flexibility index (Phi) is 0.905. The van der Waals surface area contributed by atoms with Crippen molar-refractivity contribution in [3.8, 4) is 0 Å². The van der Waals surface area contributed by atoms with Crippen molar-refractivity contribution >= 4 is 14.0 Å². The van der Waals surface area contributed by atoms with Crippen molar-refractivity contribution < 1.29 is 9.15 Å². The number of furan rings is 1. The van der Waals surface area contributed by atoms with Crippen molar-refractivity contribution in [3.05, 3.63) is 34.1 Å². The molecule has 0 saturated carbocycles. The lowest BCUT2D eigenvalue weighted by Crippen LogP contribution is -1.99. The third-order valence-electron chi connectivity index (χ3n) is 1.85. The van der Waals surface area contributed by atoms with Crippen LogP contribution in [0.4, 0.5) is 0 Å². The van der Waals surface area contributed by atoms with Gasteiger partial charge in [-0.3, -0.25) is 0 Å². The summed E-state index contributed by atoms with van der Waals surface area (Å²) >= 11 is 0. The number of rotatable bonds is 0. The van der Waals surface area contributed by atoms with Crippen LogP contribution in [0.2, 0.25) is 0 Å². The zero-order valence-electron chi connectivity index (χ0n) is 5.70. The van der Waals surface area contributed by atoms with Crippen LogP contribution in [-0.4, -0.2) is 6.61 Å². The second-order valence-corrected chi connectivity index (χ2v) is 3.59. The minimum atomic E-state index is 0.724. The molecule has 0 saturated heterocycles. The van der Waals surface area contributed by atoms with E-state index in [-0.39, 0.29) is 0 Å². The Morgan fingerprint density at radius 3 is 3.45 bits per heavy atom. The summed E-state index contributed by atoms with van der Waals surface area (Å²) in [6, 6.07) is 1.96. The minimum absolute atomic E-state index is 0.724. The fourth-order valence-corrected chi connectivity index (χ4v) is 2.43. The summed E-state index contributed by atoms with van der Waals surface area (Å²) < 4.78 is 10.7. The van der Waals surface area contributed by atoms with E-state index in [1.165, 1.54) is 5.31 Å². The lowest BCUT2D eigenvalue weighted by molar-refractivity contribution is 0.334.